The molecule has 6 rings (SSSR count). The van der Waals surface area contributed by atoms with Crippen molar-refractivity contribution in [1.29, 1.82) is 0 Å². The molecular weight excluding hydrogens is 570 g/mol. The number of hydrogen-bond donors (Lipinski definition) is 1. The highest BCUT2D eigenvalue weighted by molar-refractivity contribution is 7.16. The fraction of sp³-hybridized carbons (Fsp3) is 0.281. The summed E-state index contributed by atoms with van der Waals surface area (Å²) in [6, 6.07) is 17.7. The second kappa shape index (κ2) is 11.8. The highest BCUT2D eigenvalue weighted by Crippen LogP contribution is 2.39. The summed E-state index contributed by atoms with van der Waals surface area (Å²) < 4.78 is 14.5. The van der Waals surface area contributed by atoms with E-state index in [9.17, 15) is 4.79 Å². The number of piperidine rings is 1. The fourth-order valence-corrected chi connectivity index (χ4v) is 6.55. The number of carbonyl (C=O) groups excluding carboxylic acids is 1. The van der Waals surface area contributed by atoms with Crippen LogP contribution in [0, 0.1) is 6.92 Å². The van der Waals surface area contributed by atoms with E-state index in [0.717, 1.165) is 64.3 Å². The molecule has 10 heteroatoms. The highest BCUT2D eigenvalue weighted by atomic mass is 35.5. The number of pyridine rings is 1. The summed E-state index contributed by atoms with van der Waals surface area (Å²) in [4.78, 5) is 24.0. The minimum Gasteiger partial charge on any atom is -0.489 e. The summed E-state index contributed by atoms with van der Waals surface area (Å²) in [6.45, 7) is 5.86. The number of ether oxygens (including phenoxy) is 2. The molecule has 5 aromatic rings. The van der Waals surface area contributed by atoms with Crippen LogP contribution >= 0.6 is 22.9 Å². The number of primary amides is 1. The predicted molar refractivity (Wildman–Crippen MR) is 167 cm³/mol. The number of hydrogen-bond acceptors (Lipinski definition) is 7. The second-order valence-corrected chi connectivity index (χ2v) is 12.1. The number of nitrogens with two attached hydrogens (primary N) is 1. The van der Waals surface area contributed by atoms with Crippen LogP contribution in [0.5, 0.6) is 11.5 Å². The summed E-state index contributed by atoms with van der Waals surface area (Å²) in [5, 5.41) is 1.28. The molecule has 1 unspecified atom stereocenters. The molecule has 1 aliphatic rings. The summed E-state index contributed by atoms with van der Waals surface area (Å²) in [6.07, 6.45) is 5.13. The number of carbonyl (C=O) groups is 1. The molecule has 1 atom stereocenters. The quantitative estimate of drug-likeness (QED) is 0.210. The van der Waals surface area contributed by atoms with Crippen LogP contribution in [0.3, 0.4) is 0 Å². The normalized spacial score (nSPS) is 15.1. The molecule has 0 radical (unpaired) electrons. The first-order valence-corrected chi connectivity index (χ1v) is 15.1. The Morgan fingerprint density at radius 2 is 1.86 bits per heavy atom. The van der Waals surface area contributed by atoms with Crippen LogP contribution in [-0.2, 0) is 0 Å². The maximum Gasteiger partial charge on any atom is 0.262 e. The van der Waals surface area contributed by atoms with Crippen LogP contribution in [0.2, 0.25) is 5.02 Å². The minimum atomic E-state index is -0.557. The molecule has 216 valence electrons. The molecule has 1 amide bonds. The number of likely N-dealkylation sites (tertiary alicyclic amines) is 1. The van der Waals surface area contributed by atoms with Crippen LogP contribution in [-0.4, -0.2) is 51.6 Å². The Bertz CT molecular complexity index is 1760. The van der Waals surface area contributed by atoms with Gasteiger partial charge in [-0.1, -0.05) is 29.8 Å². The molecule has 0 spiro atoms. The summed E-state index contributed by atoms with van der Waals surface area (Å²) in [5.74, 6) is 0.489. The Hall–Kier alpha value is -3.92. The minimum absolute atomic E-state index is 0.126. The molecule has 2 N–H and O–H groups in total. The first-order chi connectivity index (χ1) is 20.3. The van der Waals surface area contributed by atoms with E-state index in [1.165, 1.54) is 11.3 Å². The molecule has 8 nitrogen and oxygen atoms in total. The van der Waals surface area contributed by atoms with Gasteiger partial charge in [0.15, 0.2) is 0 Å². The number of imidazole rings is 1. The van der Waals surface area contributed by atoms with Gasteiger partial charge in [-0.15, -0.1) is 11.3 Å². The van der Waals surface area contributed by atoms with Crippen LogP contribution < -0.4 is 15.2 Å². The Kier molecular flexibility index (Phi) is 7.90. The maximum absolute atomic E-state index is 12.5. The van der Waals surface area contributed by atoms with Crippen molar-refractivity contribution in [3.8, 4) is 27.6 Å². The number of aromatic nitrogens is 3. The molecule has 3 aromatic heterocycles. The lowest BCUT2D eigenvalue weighted by atomic mass is 10.1. The molecule has 0 bridgehead atoms. The van der Waals surface area contributed by atoms with E-state index in [1.54, 1.807) is 12.5 Å². The molecular formula is C32H32ClN5O3S. The first kappa shape index (κ1) is 28.2. The van der Waals surface area contributed by atoms with E-state index in [1.807, 2.05) is 66.9 Å². The fourth-order valence-electron chi connectivity index (χ4n) is 5.30. The number of thiophene rings is 1. The molecule has 4 heterocycles. The van der Waals surface area contributed by atoms with E-state index in [0.29, 0.717) is 21.4 Å². The topological polar surface area (TPSA) is 95.5 Å². The van der Waals surface area contributed by atoms with E-state index >= 15 is 0 Å². The van der Waals surface area contributed by atoms with Gasteiger partial charge in [-0.05, 0) is 75.2 Å². The Morgan fingerprint density at radius 3 is 2.62 bits per heavy atom. The highest BCUT2D eigenvalue weighted by Gasteiger charge is 2.24. The zero-order valence-electron chi connectivity index (χ0n) is 23.7. The molecule has 2 aromatic carbocycles. The van der Waals surface area contributed by atoms with E-state index < -0.39 is 12.0 Å². The number of aryl methyl sites for hydroxylation is 1. The van der Waals surface area contributed by atoms with E-state index in [-0.39, 0.29) is 6.10 Å². The third-order valence-electron chi connectivity index (χ3n) is 7.62. The van der Waals surface area contributed by atoms with Crippen molar-refractivity contribution in [3.05, 3.63) is 88.3 Å². The molecule has 1 saturated heterocycles. The predicted octanol–water partition coefficient (Wildman–Crippen LogP) is 6.82. The van der Waals surface area contributed by atoms with E-state index in [4.69, 9.17) is 26.8 Å². The zero-order valence-corrected chi connectivity index (χ0v) is 25.3. The van der Waals surface area contributed by atoms with Gasteiger partial charge in [0.05, 0.1) is 16.1 Å². The second-order valence-electron chi connectivity index (χ2n) is 10.7. The van der Waals surface area contributed by atoms with Gasteiger partial charge in [0.25, 0.3) is 5.91 Å². The lowest BCUT2D eigenvalue weighted by molar-refractivity contribution is 0.0998. The standard InChI is InChI=1S/C32H32ClN5O3S/c1-19-15-22(9-12-35-19)21-7-8-26-25(16-21)36-18-38(26)29-17-28(31(42-29)32(34)39)40-20(2)24-5-4-6-27(30(24)33)41-23-10-13-37(3)14-11-23/h4-9,12,15-18,20,23H,10-11,13-14H2,1-3H3,(H2,34,39). The summed E-state index contributed by atoms with van der Waals surface area (Å²) in [7, 11) is 2.12. The van der Waals surface area contributed by atoms with Crippen LogP contribution in [0.15, 0.2) is 67.1 Å². The van der Waals surface area contributed by atoms with Crippen molar-refractivity contribution in [2.45, 2.75) is 38.9 Å². The Labute approximate surface area is 253 Å². The number of rotatable bonds is 8. The van der Waals surface area contributed by atoms with Gasteiger partial charge in [-0.2, -0.15) is 0 Å². The van der Waals surface area contributed by atoms with Gasteiger partial charge in [0, 0.05) is 36.6 Å². The van der Waals surface area contributed by atoms with Crippen molar-refractivity contribution in [3.63, 3.8) is 0 Å². The number of benzene rings is 2. The van der Waals surface area contributed by atoms with Crippen molar-refractivity contribution in [2.75, 3.05) is 20.1 Å². The molecule has 42 heavy (non-hydrogen) atoms. The average molecular weight is 602 g/mol. The van der Waals surface area contributed by atoms with Gasteiger partial charge >= 0.3 is 0 Å². The number of amides is 1. The van der Waals surface area contributed by atoms with Gasteiger partial charge < -0.3 is 20.1 Å². The largest absolute Gasteiger partial charge is 0.489 e. The van der Waals surface area contributed by atoms with Crippen molar-refractivity contribution < 1.29 is 14.3 Å². The molecule has 1 aliphatic heterocycles. The average Bonchev–Trinajstić information content (AvgIpc) is 3.59. The van der Waals surface area contributed by atoms with Gasteiger partial charge in [0.1, 0.15) is 39.9 Å². The third kappa shape index (κ3) is 5.72. The Morgan fingerprint density at radius 1 is 1.07 bits per heavy atom. The Balaban J connectivity index is 1.26. The number of fused-ring (bicyclic) bond motifs is 1. The number of halogens is 1. The summed E-state index contributed by atoms with van der Waals surface area (Å²) in [5.41, 5.74) is 11.4. The molecule has 1 fully saturated rings. The molecule has 0 aliphatic carbocycles. The number of nitrogens with zero attached hydrogens (tertiary/aromatic N) is 4. The summed E-state index contributed by atoms with van der Waals surface area (Å²) >= 11 is 8.08. The smallest absolute Gasteiger partial charge is 0.262 e. The molecule has 0 saturated carbocycles. The third-order valence-corrected chi connectivity index (χ3v) is 9.15. The van der Waals surface area contributed by atoms with Crippen LogP contribution in [0.4, 0.5) is 0 Å². The first-order valence-electron chi connectivity index (χ1n) is 13.9. The maximum atomic E-state index is 12.5. The van der Waals surface area contributed by atoms with E-state index in [2.05, 4.69) is 28.0 Å². The van der Waals surface area contributed by atoms with Crippen LogP contribution in [0.1, 0.15) is 46.8 Å². The lowest BCUT2D eigenvalue weighted by Crippen LogP contribution is -2.35. The van der Waals surface area contributed by atoms with Crippen molar-refractivity contribution in [1.82, 2.24) is 19.4 Å². The van der Waals surface area contributed by atoms with Crippen molar-refractivity contribution in [2.24, 2.45) is 5.73 Å². The van der Waals surface area contributed by atoms with Crippen molar-refractivity contribution >= 4 is 39.9 Å². The van der Waals surface area contributed by atoms with Gasteiger partial charge in [-0.3, -0.25) is 14.3 Å². The SMILES string of the molecule is Cc1cc(-c2ccc3c(c2)ncn3-c2cc(OC(C)c3cccc(OC4CCN(C)CC4)c3Cl)c(C(N)=O)s2)ccn1. The van der Waals surface area contributed by atoms with Crippen LogP contribution in [0.25, 0.3) is 27.2 Å². The van der Waals surface area contributed by atoms with Gasteiger partial charge in [0.2, 0.25) is 0 Å². The monoisotopic (exact) mass is 601 g/mol. The zero-order chi connectivity index (χ0) is 29.4. The van der Waals surface area contributed by atoms with Gasteiger partial charge in [-0.25, -0.2) is 4.98 Å². The lowest BCUT2D eigenvalue weighted by Gasteiger charge is -2.30.